The summed E-state index contributed by atoms with van der Waals surface area (Å²) < 4.78 is 0. The van der Waals surface area contributed by atoms with Crippen LogP contribution in [-0.4, -0.2) is 165 Å². The van der Waals surface area contributed by atoms with E-state index in [1.165, 1.54) is 0 Å². The summed E-state index contributed by atoms with van der Waals surface area (Å²) in [6, 6.07) is -4.53. The number of carboxylic acid groups (broad SMARTS) is 1. The maximum absolute atomic E-state index is 13.0. The van der Waals surface area contributed by atoms with Crippen LogP contribution in [0.5, 0.6) is 0 Å². The van der Waals surface area contributed by atoms with Gasteiger partial charge in [-0.3, -0.25) is 58.1 Å². The van der Waals surface area contributed by atoms with Gasteiger partial charge >= 0.3 is 5.97 Å². The van der Waals surface area contributed by atoms with Crippen LogP contribution in [-0.2, 0) is 47.9 Å². The Bertz CT molecular complexity index is 1750. The van der Waals surface area contributed by atoms with Gasteiger partial charge in [0.15, 0.2) is 17.9 Å². The maximum Gasteiger partial charge on any atom is 0.326 e. The molecule has 24 N–H and O–H groups in total. The monoisotopic (exact) mass is 942 g/mol. The summed E-state index contributed by atoms with van der Waals surface area (Å²) in [6.07, 6.45) is 1.29. The fraction of sp³-hybridized carbons (Fsp3) is 0.639. The van der Waals surface area contributed by atoms with E-state index in [0.717, 1.165) is 0 Å². The van der Waals surface area contributed by atoms with Crippen molar-refractivity contribution in [2.75, 3.05) is 58.9 Å². The summed E-state index contributed by atoms with van der Waals surface area (Å²) in [5.41, 5.74) is 37.6. The summed E-state index contributed by atoms with van der Waals surface area (Å²) in [4.78, 5) is 135. The first kappa shape index (κ1) is 58.5. The Balaban J connectivity index is 4.73. The molecule has 30 heteroatoms. The highest BCUT2D eigenvalue weighted by molar-refractivity contribution is 5.95. The molecule has 0 radical (unpaired) electrons. The minimum absolute atomic E-state index is 0.0148. The van der Waals surface area contributed by atoms with Crippen molar-refractivity contribution in [1.29, 1.82) is 0 Å². The van der Waals surface area contributed by atoms with Gasteiger partial charge in [-0.15, -0.1) is 0 Å². The van der Waals surface area contributed by atoms with E-state index in [9.17, 15) is 53.1 Å². The van der Waals surface area contributed by atoms with Gasteiger partial charge in [-0.2, -0.15) is 0 Å². The van der Waals surface area contributed by atoms with Gasteiger partial charge in [-0.25, -0.2) is 4.79 Å². The highest BCUT2D eigenvalue weighted by Crippen LogP contribution is 2.07. The molecule has 9 amide bonds. The lowest BCUT2D eigenvalue weighted by atomic mass is 10.0. The van der Waals surface area contributed by atoms with Gasteiger partial charge in [0, 0.05) is 19.6 Å². The molecule has 0 saturated heterocycles. The molecule has 0 aliphatic rings. The molecular weight excluding hydrogens is 875 g/mol. The number of carbonyl (C=O) groups is 10. The van der Waals surface area contributed by atoms with E-state index < -0.39 is 123 Å². The van der Waals surface area contributed by atoms with Crippen molar-refractivity contribution >= 4 is 77.0 Å². The molecule has 0 aromatic heterocycles. The number of guanidine groups is 3. The smallest absolute Gasteiger partial charge is 0.326 e. The second kappa shape index (κ2) is 33.0. The van der Waals surface area contributed by atoms with Crippen LogP contribution < -0.4 is 88.0 Å². The highest BCUT2D eigenvalue weighted by Gasteiger charge is 2.27. The number of rotatable bonds is 33. The zero-order valence-electron chi connectivity index (χ0n) is 37.1. The largest absolute Gasteiger partial charge is 0.480 e. The number of aliphatic carboxylic acids is 1. The van der Waals surface area contributed by atoms with Crippen LogP contribution in [0.15, 0.2) is 15.0 Å². The van der Waals surface area contributed by atoms with Gasteiger partial charge in [0.2, 0.25) is 53.2 Å². The van der Waals surface area contributed by atoms with Crippen molar-refractivity contribution < 1.29 is 53.1 Å². The second-order valence-corrected chi connectivity index (χ2v) is 14.8. The Kier molecular flexibility index (Phi) is 29.3. The van der Waals surface area contributed by atoms with E-state index in [0.29, 0.717) is 6.42 Å². The van der Waals surface area contributed by atoms with Crippen molar-refractivity contribution in [3.8, 4) is 0 Å². The Morgan fingerprint density at radius 1 is 0.439 bits per heavy atom. The molecule has 0 spiro atoms. The summed E-state index contributed by atoms with van der Waals surface area (Å²) >= 11 is 0. The lowest BCUT2D eigenvalue weighted by Gasteiger charge is -2.22. The predicted molar refractivity (Wildman–Crippen MR) is 239 cm³/mol. The lowest BCUT2D eigenvalue weighted by molar-refractivity contribution is -0.142. The van der Waals surface area contributed by atoms with E-state index in [-0.39, 0.29) is 82.0 Å². The summed E-state index contributed by atoms with van der Waals surface area (Å²) in [7, 11) is 0. The van der Waals surface area contributed by atoms with Crippen LogP contribution in [0.2, 0.25) is 0 Å². The third kappa shape index (κ3) is 30.5. The van der Waals surface area contributed by atoms with Crippen molar-refractivity contribution in [3.05, 3.63) is 0 Å². The van der Waals surface area contributed by atoms with Crippen LogP contribution >= 0.6 is 0 Å². The summed E-state index contributed by atoms with van der Waals surface area (Å²) in [5.74, 6) is -8.71. The maximum atomic E-state index is 13.0. The normalized spacial score (nSPS) is 12.2. The number of hydrogen-bond acceptors (Lipinski definition) is 14. The number of nitrogens with zero attached hydrogens (tertiary/aromatic N) is 3. The number of nitrogens with one attached hydrogen (secondary N) is 9. The van der Waals surface area contributed by atoms with Crippen molar-refractivity contribution in [2.45, 2.75) is 83.0 Å². The van der Waals surface area contributed by atoms with E-state index in [4.69, 9.17) is 40.1 Å². The first-order valence-electron chi connectivity index (χ1n) is 20.7. The molecule has 0 fully saturated rings. The Morgan fingerprint density at radius 3 is 1.17 bits per heavy atom. The lowest BCUT2D eigenvalue weighted by Crippen LogP contribution is -2.53. The molecule has 0 aliphatic carbocycles. The van der Waals surface area contributed by atoms with Crippen molar-refractivity contribution in [2.24, 2.45) is 61.0 Å². The third-order valence-corrected chi connectivity index (χ3v) is 8.46. The molecule has 0 bridgehead atoms. The SMILES string of the molecule is CC(C)C[C@H](NC(=O)[C@@H](N)CCCN=C(N)N)C(=O)NCC(=O)NCC(=O)NCC(=O)NCC(=O)NCC(=O)NCC(=O)N[C@@H](CCCN=C(N)N)C(=O)N[C@@H](CCCN=C(N)N)C(=O)O. The Hall–Kier alpha value is -7.53. The number of carbonyl (C=O) groups excluding carboxylic acids is 9. The van der Waals surface area contributed by atoms with E-state index in [1.807, 2.05) is 13.8 Å². The number of aliphatic imine (C=N–C) groups is 3. The molecule has 66 heavy (non-hydrogen) atoms. The molecule has 0 aliphatic heterocycles. The Labute approximate surface area is 380 Å². The summed E-state index contributed by atoms with van der Waals surface area (Å²) in [5, 5.41) is 30.4. The molecule has 0 unspecified atom stereocenters. The van der Waals surface area contributed by atoms with Crippen LogP contribution in [0.3, 0.4) is 0 Å². The molecule has 30 nitrogen and oxygen atoms in total. The fourth-order valence-corrected chi connectivity index (χ4v) is 5.18. The number of hydrogen-bond donors (Lipinski definition) is 17. The van der Waals surface area contributed by atoms with E-state index in [2.05, 4.69) is 62.8 Å². The average molecular weight is 942 g/mol. The zero-order chi connectivity index (χ0) is 50.2. The molecule has 0 aromatic carbocycles. The first-order valence-corrected chi connectivity index (χ1v) is 20.7. The number of nitrogens with two attached hydrogens (primary N) is 7. The van der Waals surface area contributed by atoms with Crippen molar-refractivity contribution in [3.63, 3.8) is 0 Å². The first-order chi connectivity index (χ1) is 31.0. The molecule has 0 aromatic rings. The topological polar surface area (TPSA) is 518 Å². The predicted octanol–water partition coefficient (Wildman–Crippen LogP) is -9.24. The fourth-order valence-electron chi connectivity index (χ4n) is 5.18. The van der Waals surface area contributed by atoms with E-state index >= 15 is 0 Å². The van der Waals surface area contributed by atoms with Gasteiger partial charge in [0.05, 0.1) is 45.3 Å². The van der Waals surface area contributed by atoms with Crippen LogP contribution in [0, 0.1) is 5.92 Å². The average Bonchev–Trinajstić information content (AvgIpc) is 3.24. The van der Waals surface area contributed by atoms with Gasteiger partial charge in [0.1, 0.15) is 18.1 Å². The zero-order valence-corrected chi connectivity index (χ0v) is 37.1. The molecule has 0 saturated carbocycles. The number of amides is 9. The molecule has 4 atom stereocenters. The Morgan fingerprint density at radius 2 is 0.788 bits per heavy atom. The highest BCUT2D eigenvalue weighted by atomic mass is 16.4. The van der Waals surface area contributed by atoms with Gasteiger partial charge in [-0.1, -0.05) is 13.8 Å². The van der Waals surface area contributed by atoms with Crippen LogP contribution in [0.1, 0.15) is 58.8 Å². The minimum Gasteiger partial charge on any atom is -0.480 e. The molecular formula is C36H67N19O11. The van der Waals surface area contributed by atoms with Crippen LogP contribution in [0.4, 0.5) is 0 Å². The second-order valence-electron chi connectivity index (χ2n) is 14.8. The van der Waals surface area contributed by atoms with E-state index in [1.54, 1.807) is 0 Å². The molecule has 0 heterocycles. The molecule has 372 valence electrons. The van der Waals surface area contributed by atoms with Gasteiger partial charge in [0.25, 0.3) is 0 Å². The van der Waals surface area contributed by atoms with Gasteiger partial charge in [-0.05, 0) is 50.9 Å². The quantitative estimate of drug-likeness (QED) is 0.0165. The molecule has 0 rings (SSSR count). The van der Waals surface area contributed by atoms with Crippen molar-refractivity contribution in [1.82, 2.24) is 47.9 Å². The standard InChI is InChI=1S/C36H67N19O11/c1-19(2)12-23(55-30(62)20(37)6-3-9-44-34(38)39)31(63)52-17-28(60)50-15-26(58)48-13-24(56)47-14-25(57)49-16-27(59)51-18-29(61)53-21(7-4-10-45-35(40)41)32(64)54-22(33(65)66)8-5-11-46-36(42)43/h19-23H,3-18,37H2,1-2H3,(H,47,56)(H,48,58)(H,49,57)(H,50,60)(H,51,59)(H,52,63)(H,53,61)(H,54,64)(H,55,62)(H,65,66)(H4,38,39,44)(H4,40,41,45)(H4,42,43,46)/t20-,21-,22-,23-/m0/s1. The summed E-state index contributed by atoms with van der Waals surface area (Å²) in [6.45, 7) is 0.563. The number of carboxylic acids is 1. The van der Waals surface area contributed by atoms with Crippen LogP contribution in [0.25, 0.3) is 0 Å². The minimum atomic E-state index is -1.34. The van der Waals surface area contributed by atoms with Gasteiger partial charge < -0.3 is 93.1 Å². The third-order valence-electron chi connectivity index (χ3n) is 8.46.